The molecule has 0 aliphatic carbocycles. The molecule has 96 valence electrons. The SMILES string of the molecule is CC1CN(C(=O)c2ccc(Br)s2)CC(C)N1.Cl. The first-order valence-electron chi connectivity index (χ1n) is 5.37. The van der Waals surface area contributed by atoms with Gasteiger partial charge in [-0.15, -0.1) is 23.7 Å². The molecule has 17 heavy (non-hydrogen) atoms. The molecule has 1 N–H and O–H groups in total. The van der Waals surface area contributed by atoms with Crippen molar-refractivity contribution in [3.05, 3.63) is 20.8 Å². The Morgan fingerprint density at radius 1 is 1.41 bits per heavy atom. The Labute approximate surface area is 120 Å². The second-order valence-corrected chi connectivity index (χ2v) is 6.75. The Balaban J connectivity index is 0.00000144. The van der Waals surface area contributed by atoms with E-state index in [4.69, 9.17) is 0 Å². The Hall–Kier alpha value is -0.100. The zero-order valence-electron chi connectivity index (χ0n) is 9.77. The highest BCUT2D eigenvalue weighted by Crippen LogP contribution is 2.23. The summed E-state index contributed by atoms with van der Waals surface area (Å²) in [5.41, 5.74) is 0. The lowest BCUT2D eigenvalue weighted by molar-refractivity contribution is 0.0678. The van der Waals surface area contributed by atoms with Crippen LogP contribution in [0, 0.1) is 0 Å². The molecule has 1 aliphatic rings. The number of carbonyl (C=O) groups is 1. The van der Waals surface area contributed by atoms with Gasteiger partial charge in [-0.25, -0.2) is 0 Å². The molecular weight excluding hydrogens is 324 g/mol. The maximum atomic E-state index is 12.2. The van der Waals surface area contributed by atoms with Gasteiger partial charge in [0.05, 0.1) is 8.66 Å². The van der Waals surface area contributed by atoms with Crippen LogP contribution in [-0.4, -0.2) is 36.0 Å². The van der Waals surface area contributed by atoms with Gasteiger partial charge in [0.25, 0.3) is 5.91 Å². The Morgan fingerprint density at radius 2 is 2.00 bits per heavy atom. The van der Waals surface area contributed by atoms with Crippen molar-refractivity contribution in [2.45, 2.75) is 25.9 Å². The maximum Gasteiger partial charge on any atom is 0.264 e. The Kier molecular flexibility index (Phi) is 5.44. The zero-order chi connectivity index (χ0) is 11.7. The van der Waals surface area contributed by atoms with Crippen LogP contribution in [0.15, 0.2) is 15.9 Å². The van der Waals surface area contributed by atoms with Crippen molar-refractivity contribution in [2.75, 3.05) is 13.1 Å². The number of hydrogen-bond donors (Lipinski definition) is 1. The van der Waals surface area contributed by atoms with E-state index in [0.717, 1.165) is 21.8 Å². The first-order valence-corrected chi connectivity index (χ1v) is 6.98. The van der Waals surface area contributed by atoms with Crippen molar-refractivity contribution in [2.24, 2.45) is 0 Å². The number of piperazine rings is 1. The van der Waals surface area contributed by atoms with E-state index >= 15 is 0 Å². The van der Waals surface area contributed by atoms with Crippen LogP contribution in [0.3, 0.4) is 0 Å². The normalized spacial score (nSPS) is 24.3. The van der Waals surface area contributed by atoms with Gasteiger partial charge >= 0.3 is 0 Å². The van der Waals surface area contributed by atoms with Crippen LogP contribution in [0.1, 0.15) is 23.5 Å². The van der Waals surface area contributed by atoms with E-state index in [1.54, 1.807) is 0 Å². The van der Waals surface area contributed by atoms with Crippen LogP contribution in [0.5, 0.6) is 0 Å². The minimum atomic E-state index is 0. The number of nitrogens with one attached hydrogen (secondary N) is 1. The molecule has 0 saturated carbocycles. The van der Waals surface area contributed by atoms with Crippen molar-refractivity contribution in [3.63, 3.8) is 0 Å². The fraction of sp³-hybridized carbons (Fsp3) is 0.545. The summed E-state index contributed by atoms with van der Waals surface area (Å²) in [5.74, 6) is 0.149. The highest BCUT2D eigenvalue weighted by atomic mass is 79.9. The predicted molar refractivity (Wildman–Crippen MR) is 77.2 cm³/mol. The third-order valence-corrected chi connectivity index (χ3v) is 4.24. The molecule has 2 atom stereocenters. The smallest absolute Gasteiger partial charge is 0.264 e. The summed E-state index contributed by atoms with van der Waals surface area (Å²) >= 11 is 4.88. The predicted octanol–water partition coefficient (Wildman–Crippen LogP) is 2.75. The second kappa shape index (κ2) is 6.18. The minimum absolute atomic E-state index is 0. The summed E-state index contributed by atoms with van der Waals surface area (Å²) in [4.78, 5) is 14.9. The lowest BCUT2D eigenvalue weighted by Gasteiger charge is -2.35. The lowest BCUT2D eigenvalue weighted by Crippen LogP contribution is -2.55. The van der Waals surface area contributed by atoms with Crippen molar-refractivity contribution in [1.82, 2.24) is 10.2 Å². The summed E-state index contributed by atoms with van der Waals surface area (Å²) in [7, 11) is 0. The van der Waals surface area contributed by atoms with E-state index < -0.39 is 0 Å². The molecule has 0 spiro atoms. The van der Waals surface area contributed by atoms with E-state index in [-0.39, 0.29) is 18.3 Å². The first-order chi connectivity index (χ1) is 7.56. The summed E-state index contributed by atoms with van der Waals surface area (Å²) in [6, 6.07) is 4.55. The Morgan fingerprint density at radius 3 is 2.47 bits per heavy atom. The minimum Gasteiger partial charge on any atom is -0.335 e. The van der Waals surface area contributed by atoms with E-state index in [9.17, 15) is 4.79 Å². The maximum absolute atomic E-state index is 12.2. The molecule has 1 aromatic rings. The van der Waals surface area contributed by atoms with Crippen molar-refractivity contribution in [3.8, 4) is 0 Å². The standard InChI is InChI=1S/C11H15BrN2OS.ClH/c1-7-5-14(6-8(2)13-7)11(15)9-3-4-10(12)16-9;/h3-4,7-8,13H,5-6H2,1-2H3;1H. The summed E-state index contributed by atoms with van der Waals surface area (Å²) in [5, 5.41) is 3.42. The first kappa shape index (κ1) is 15.0. The molecule has 2 unspecified atom stereocenters. The van der Waals surface area contributed by atoms with Crippen LogP contribution < -0.4 is 5.32 Å². The third-order valence-electron chi connectivity index (χ3n) is 2.63. The van der Waals surface area contributed by atoms with E-state index in [0.29, 0.717) is 12.1 Å². The molecule has 6 heteroatoms. The van der Waals surface area contributed by atoms with Crippen LogP contribution in [0.4, 0.5) is 0 Å². The van der Waals surface area contributed by atoms with Gasteiger partial charge in [-0.1, -0.05) is 0 Å². The quantitative estimate of drug-likeness (QED) is 0.853. The molecule has 0 aromatic carbocycles. The Bertz CT molecular complexity index is 389. The molecule has 1 amide bonds. The number of thiophene rings is 1. The monoisotopic (exact) mass is 338 g/mol. The van der Waals surface area contributed by atoms with Crippen LogP contribution in [-0.2, 0) is 0 Å². The van der Waals surface area contributed by atoms with Gasteiger partial charge in [-0.2, -0.15) is 0 Å². The van der Waals surface area contributed by atoms with Crippen LogP contribution in [0.25, 0.3) is 0 Å². The van der Waals surface area contributed by atoms with Gasteiger partial charge in [0, 0.05) is 25.2 Å². The molecule has 2 heterocycles. The number of hydrogen-bond acceptors (Lipinski definition) is 3. The average molecular weight is 340 g/mol. The van der Waals surface area contributed by atoms with Crippen LogP contribution in [0.2, 0.25) is 0 Å². The van der Waals surface area contributed by atoms with E-state index in [1.165, 1.54) is 11.3 Å². The highest BCUT2D eigenvalue weighted by molar-refractivity contribution is 9.11. The van der Waals surface area contributed by atoms with Crippen LogP contribution >= 0.6 is 39.7 Å². The molecule has 1 aromatic heterocycles. The summed E-state index contributed by atoms with van der Waals surface area (Å²) in [6.07, 6.45) is 0. The fourth-order valence-electron chi connectivity index (χ4n) is 2.08. The lowest BCUT2D eigenvalue weighted by atomic mass is 10.1. The number of rotatable bonds is 1. The van der Waals surface area contributed by atoms with Gasteiger partial charge in [0.15, 0.2) is 0 Å². The zero-order valence-corrected chi connectivity index (χ0v) is 13.0. The molecule has 3 nitrogen and oxygen atoms in total. The van der Waals surface area contributed by atoms with Crippen molar-refractivity contribution >= 4 is 45.6 Å². The molecule has 1 fully saturated rings. The topological polar surface area (TPSA) is 32.3 Å². The summed E-state index contributed by atoms with van der Waals surface area (Å²) in [6.45, 7) is 5.80. The van der Waals surface area contributed by atoms with Gasteiger partial charge in [-0.05, 0) is 41.9 Å². The fourth-order valence-corrected chi connectivity index (χ4v) is 3.43. The van der Waals surface area contributed by atoms with Crippen molar-refractivity contribution < 1.29 is 4.79 Å². The highest BCUT2D eigenvalue weighted by Gasteiger charge is 2.26. The summed E-state index contributed by atoms with van der Waals surface area (Å²) < 4.78 is 1.01. The van der Waals surface area contributed by atoms with E-state index in [1.807, 2.05) is 17.0 Å². The van der Waals surface area contributed by atoms with Crippen molar-refractivity contribution in [1.29, 1.82) is 0 Å². The molecule has 2 rings (SSSR count). The van der Waals surface area contributed by atoms with Gasteiger partial charge in [0.2, 0.25) is 0 Å². The van der Waals surface area contributed by atoms with E-state index in [2.05, 4.69) is 35.1 Å². The largest absolute Gasteiger partial charge is 0.335 e. The van der Waals surface area contributed by atoms with Gasteiger partial charge in [0.1, 0.15) is 0 Å². The molecule has 1 saturated heterocycles. The molecular formula is C11H16BrClN2OS. The number of halogens is 2. The molecule has 0 bridgehead atoms. The number of nitrogens with zero attached hydrogens (tertiary/aromatic N) is 1. The number of carbonyl (C=O) groups excluding carboxylic acids is 1. The second-order valence-electron chi connectivity index (χ2n) is 4.28. The average Bonchev–Trinajstić information content (AvgIpc) is 2.62. The van der Waals surface area contributed by atoms with Gasteiger partial charge in [-0.3, -0.25) is 4.79 Å². The molecule has 0 radical (unpaired) electrons. The third kappa shape index (κ3) is 3.68. The molecule has 1 aliphatic heterocycles. The number of amides is 1. The van der Waals surface area contributed by atoms with Gasteiger partial charge < -0.3 is 10.2 Å².